The molecule has 0 N–H and O–H groups in total. The molecule has 1 fully saturated rings. The van der Waals surface area contributed by atoms with E-state index in [9.17, 15) is 14.0 Å². The van der Waals surface area contributed by atoms with E-state index < -0.39 is 11.0 Å². The van der Waals surface area contributed by atoms with Gasteiger partial charge >= 0.3 is 6.09 Å². The largest absolute Gasteiger partial charge is 0.444 e. The smallest absolute Gasteiger partial charge is 0.410 e. The Labute approximate surface area is 190 Å². The van der Waals surface area contributed by atoms with Crippen molar-refractivity contribution in [2.24, 2.45) is 5.41 Å². The first-order valence-electron chi connectivity index (χ1n) is 11.2. The van der Waals surface area contributed by atoms with Crippen molar-refractivity contribution in [3.63, 3.8) is 0 Å². The predicted molar refractivity (Wildman–Crippen MR) is 124 cm³/mol. The Hall–Kier alpha value is -2.89. The van der Waals surface area contributed by atoms with Crippen LogP contribution in [0.15, 0.2) is 54.6 Å². The van der Waals surface area contributed by atoms with E-state index in [1.165, 1.54) is 12.1 Å². The molecule has 1 saturated heterocycles. The second-order valence-corrected chi connectivity index (χ2v) is 9.44. The molecule has 5 nitrogen and oxygen atoms in total. The van der Waals surface area contributed by atoms with E-state index in [1.807, 2.05) is 62.9 Å². The molecule has 2 amide bonds. The first-order chi connectivity index (χ1) is 15.1. The van der Waals surface area contributed by atoms with Gasteiger partial charge in [0.1, 0.15) is 11.4 Å². The summed E-state index contributed by atoms with van der Waals surface area (Å²) in [6.45, 7) is 8.92. The number of para-hydroxylation sites is 1. The number of carbonyl (C=O) groups excluding carboxylic acids is 2. The Morgan fingerprint density at radius 3 is 2.16 bits per heavy atom. The predicted octanol–water partition coefficient (Wildman–Crippen LogP) is 5.44. The highest BCUT2D eigenvalue weighted by molar-refractivity contribution is 5.98. The minimum absolute atomic E-state index is 0.0411. The standard InChI is InChI=1S/C26H33FN2O3/c1-5-29(22-9-7-6-8-10-22)23(30)26(19-20-11-13-21(27)14-12-20)15-17-28(18-16-26)24(31)32-25(2,3)4/h6-14H,5,15-19H2,1-4H3. The maximum atomic E-state index is 13.9. The highest BCUT2D eigenvalue weighted by atomic mass is 19.1. The molecule has 0 spiro atoms. The van der Waals surface area contributed by atoms with Crippen molar-refractivity contribution in [3.8, 4) is 0 Å². The Morgan fingerprint density at radius 1 is 1.03 bits per heavy atom. The number of halogens is 1. The molecule has 32 heavy (non-hydrogen) atoms. The molecule has 0 radical (unpaired) electrons. The van der Waals surface area contributed by atoms with Crippen LogP contribution in [-0.2, 0) is 16.0 Å². The summed E-state index contributed by atoms with van der Waals surface area (Å²) in [5.41, 5.74) is 0.520. The lowest BCUT2D eigenvalue weighted by molar-refractivity contribution is -0.131. The fraction of sp³-hybridized carbons (Fsp3) is 0.462. The van der Waals surface area contributed by atoms with E-state index in [4.69, 9.17) is 4.74 Å². The number of anilines is 1. The van der Waals surface area contributed by atoms with Crippen molar-refractivity contribution in [1.29, 1.82) is 0 Å². The summed E-state index contributed by atoms with van der Waals surface area (Å²) in [5, 5.41) is 0. The van der Waals surface area contributed by atoms with Gasteiger partial charge in [0.25, 0.3) is 0 Å². The molecule has 172 valence electrons. The number of likely N-dealkylation sites (tertiary alicyclic amines) is 1. The average Bonchev–Trinajstić information content (AvgIpc) is 2.76. The molecule has 1 aliphatic rings. The zero-order valence-corrected chi connectivity index (χ0v) is 19.4. The number of benzene rings is 2. The third-order valence-corrected chi connectivity index (χ3v) is 5.91. The van der Waals surface area contributed by atoms with Gasteiger partial charge in [-0.05, 0) is 76.8 Å². The number of piperidine rings is 1. The van der Waals surface area contributed by atoms with Gasteiger partial charge in [-0.15, -0.1) is 0 Å². The molecule has 1 heterocycles. The number of rotatable bonds is 5. The van der Waals surface area contributed by atoms with Crippen molar-refractivity contribution in [2.45, 2.75) is 52.6 Å². The molecular formula is C26H33FN2O3. The molecule has 2 aromatic carbocycles. The van der Waals surface area contributed by atoms with E-state index in [0.717, 1.165) is 11.3 Å². The Morgan fingerprint density at radius 2 is 1.62 bits per heavy atom. The molecule has 1 aliphatic heterocycles. The third-order valence-electron chi connectivity index (χ3n) is 5.91. The summed E-state index contributed by atoms with van der Waals surface area (Å²) in [6.07, 6.45) is 1.19. The monoisotopic (exact) mass is 440 g/mol. The van der Waals surface area contributed by atoms with E-state index in [2.05, 4.69) is 0 Å². The Kier molecular flexibility index (Phi) is 7.22. The fourth-order valence-electron chi connectivity index (χ4n) is 4.24. The highest BCUT2D eigenvalue weighted by Gasteiger charge is 2.45. The molecule has 0 saturated carbocycles. The maximum absolute atomic E-state index is 13.9. The van der Waals surface area contributed by atoms with Gasteiger partial charge in [-0.3, -0.25) is 4.79 Å². The summed E-state index contributed by atoms with van der Waals surface area (Å²) < 4.78 is 19.0. The van der Waals surface area contributed by atoms with Crippen molar-refractivity contribution >= 4 is 17.7 Å². The highest BCUT2D eigenvalue weighted by Crippen LogP contribution is 2.39. The third kappa shape index (κ3) is 5.67. The summed E-state index contributed by atoms with van der Waals surface area (Å²) >= 11 is 0. The van der Waals surface area contributed by atoms with Gasteiger partial charge in [0.15, 0.2) is 0 Å². The van der Waals surface area contributed by atoms with Gasteiger partial charge < -0.3 is 14.5 Å². The van der Waals surface area contributed by atoms with E-state index >= 15 is 0 Å². The quantitative estimate of drug-likeness (QED) is 0.622. The summed E-state index contributed by atoms with van der Waals surface area (Å²) in [6, 6.07) is 16.0. The number of amides is 2. The molecule has 2 aromatic rings. The topological polar surface area (TPSA) is 49.9 Å². The van der Waals surface area contributed by atoms with Crippen LogP contribution in [0.25, 0.3) is 0 Å². The van der Waals surface area contributed by atoms with Crippen LogP contribution in [0.4, 0.5) is 14.9 Å². The number of hydrogen-bond acceptors (Lipinski definition) is 3. The van der Waals surface area contributed by atoms with Gasteiger partial charge in [-0.25, -0.2) is 9.18 Å². The van der Waals surface area contributed by atoms with Crippen LogP contribution in [0.2, 0.25) is 0 Å². The van der Waals surface area contributed by atoms with E-state index in [-0.39, 0.29) is 17.8 Å². The van der Waals surface area contributed by atoms with Crippen LogP contribution in [0, 0.1) is 11.2 Å². The molecule has 0 aliphatic carbocycles. The van der Waals surface area contributed by atoms with Crippen LogP contribution in [-0.4, -0.2) is 42.1 Å². The summed E-state index contributed by atoms with van der Waals surface area (Å²) in [5.74, 6) is -0.257. The van der Waals surface area contributed by atoms with Crippen LogP contribution in [0.3, 0.4) is 0 Å². The molecule has 0 unspecified atom stereocenters. The number of hydrogen-bond donors (Lipinski definition) is 0. The molecule has 0 aromatic heterocycles. The normalized spacial score (nSPS) is 15.8. The Balaban J connectivity index is 1.86. The molecule has 6 heteroatoms. The number of nitrogens with zero attached hydrogens (tertiary/aromatic N) is 2. The van der Waals surface area contributed by atoms with Crippen molar-refractivity contribution in [1.82, 2.24) is 4.90 Å². The minimum atomic E-state index is -0.678. The Bertz CT molecular complexity index is 914. The van der Waals surface area contributed by atoms with Crippen LogP contribution < -0.4 is 4.90 Å². The fourth-order valence-corrected chi connectivity index (χ4v) is 4.24. The summed E-state index contributed by atoms with van der Waals surface area (Å²) in [4.78, 5) is 30.0. The minimum Gasteiger partial charge on any atom is -0.444 e. The average molecular weight is 441 g/mol. The van der Waals surface area contributed by atoms with Crippen LogP contribution in [0.5, 0.6) is 0 Å². The van der Waals surface area contributed by atoms with E-state index in [1.54, 1.807) is 17.0 Å². The second kappa shape index (κ2) is 9.72. The lowest BCUT2D eigenvalue weighted by atomic mass is 9.72. The molecule has 0 bridgehead atoms. The number of carbonyl (C=O) groups is 2. The lowest BCUT2D eigenvalue weighted by Gasteiger charge is -2.43. The molecule has 0 atom stereocenters. The maximum Gasteiger partial charge on any atom is 0.410 e. The van der Waals surface area contributed by atoms with E-state index in [0.29, 0.717) is 38.9 Å². The number of ether oxygens (including phenoxy) is 1. The van der Waals surface area contributed by atoms with Gasteiger partial charge in [0.05, 0.1) is 5.41 Å². The molecule has 3 rings (SSSR count). The van der Waals surface area contributed by atoms with Crippen molar-refractivity contribution in [3.05, 3.63) is 66.0 Å². The zero-order valence-electron chi connectivity index (χ0n) is 19.4. The molecular weight excluding hydrogens is 407 g/mol. The summed E-state index contributed by atoms with van der Waals surface area (Å²) in [7, 11) is 0. The second-order valence-electron chi connectivity index (χ2n) is 9.44. The first kappa shape index (κ1) is 23.8. The van der Waals surface area contributed by atoms with Crippen LogP contribution >= 0.6 is 0 Å². The van der Waals surface area contributed by atoms with Gasteiger partial charge in [-0.1, -0.05) is 30.3 Å². The SMILES string of the molecule is CCN(C(=O)C1(Cc2ccc(F)cc2)CCN(C(=O)OC(C)(C)C)CC1)c1ccccc1. The van der Waals surface area contributed by atoms with Gasteiger partial charge in [0, 0.05) is 25.3 Å². The van der Waals surface area contributed by atoms with Crippen molar-refractivity contribution < 1.29 is 18.7 Å². The van der Waals surface area contributed by atoms with Crippen molar-refractivity contribution in [2.75, 3.05) is 24.5 Å². The van der Waals surface area contributed by atoms with Gasteiger partial charge in [-0.2, -0.15) is 0 Å². The first-order valence-corrected chi connectivity index (χ1v) is 11.2. The van der Waals surface area contributed by atoms with Gasteiger partial charge in [0.2, 0.25) is 5.91 Å². The van der Waals surface area contributed by atoms with Crippen LogP contribution in [0.1, 0.15) is 46.1 Å². The zero-order chi connectivity index (χ0) is 23.4. The lowest BCUT2D eigenvalue weighted by Crippen LogP contribution is -2.53.